The van der Waals surface area contributed by atoms with Crippen LogP contribution >= 0.6 is 0 Å². The first-order valence-corrected chi connectivity index (χ1v) is 5.42. The smallest absolute Gasteiger partial charge is 0.0584 e. The minimum atomic E-state index is 0.204. The van der Waals surface area contributed by atoms with Crippen LogP contribution in [0.15, 0.2) is 36.4 Å². The van der Waals surface area contributed by atoms with Crippen molar-refractivity contribution in [1.82, 2.24) is 5.32 Å². The molecule has 1 aromatic rings. The van der Waals surface area contributed by atoms with Crippen LogP contribution in [0.3, 0.4) is 0 Å². The predicted molar refractivity (Wildman–Crippen MR) is 64.6 cm³/mol. The molecule has 0 fully saturated rings. The van der Waals surface area contributed by atoms with Gasteiger partial charge in [0, 0.05) is 12.6 Å². The largest absolute Gasteiger partial charge is 0.395 e. The third-order valence-corrected chi connectivity index (χ3v) is 2.35. The summed E-state index contributed by atoms with van der Waals surface area (Å²) in [4.78, 5) is 0. The van der Waals surface area contributed by atoms with Crippen molar-refractivity contribution in [2.45, 2.75) is 19.4 Å². The second-order valence-electron chi connectivity index (χ2n) is 3.51. The molecule has 82 valence electrons. The molecule has 2 nitrogen and oxygen atoms in total. The molecule has 15 heavy (non-hydrogen) atoms. The molecule has 0 saturated carbocycles. The van der Waals surface area contributed by atoms with E-state index in [-0.39, 0.29) is 12.6 Å². The SMILES string of the molecule is CC[C@@H](CO)NC/C=C/c1ccccc1. The molecule has 0 saturated heterocycles. The highest BCUT2D eigenvalue weighted by molar-refractivity contribution is 5.48. The molecule has 0 radical (unpaired) electrons. The average molecular weight is 205 g/mol. The van der Waals surface area contributed by atoms with Gasteiger partial charge in [-0.3, -0.25) is 0 Å². The standard InChI is InChI=1S/C13H19NO/c1-2-13(11-15)14-10-6-9-12-7-4-3-5-8-12/h3-9,13-15H,2,10-11H2,1H3/b9-6+/t13-/m0/s1. The lowest BCUT2D eigenvalue weighted by Gasteiger charge is -2.11. The summed E-state index contributed by atoms with van der Waals surface area (Å²) in [5, 5.41) is 12.2. The summed E-state index contributed by atoms with van der Waals surface area (Å²) < 4.78 is 0. The molecule has 2 heteroatoms. The Kier molecular flexibility index (Phi) is 5.74. The van der Waals surface area contributed by atoms with Crippen molar-refractivity contribution in [3.8, 4) is 0 Å². The Morgan fingerprint density at radius 1 is 1.33 bits per heavy atom. The first-order valence-electron chi connectivity index (χ1n) is 5.42. The summed E-state index contributed by atoms with van der Waals surface area (Å²) in [6.45, 7) is 3.07. The van der Waals surface area contributed by atoms with E-state index in [4.69, 9.17) is 5.11 Å². The number of aliphatic hydroxyl groups excluding tert-OH is 1. The highest BCUT2D eigenvalue weighted by Crippen LogP contribution is 2.00. The number of hydrogen-bond donors (Lipinski definition) is 2. The van der Waals surface area contributed by atoms with E-state index in [2.05, 4.69) is 36.5 Å². The Bertz CT molecular complexity index is 278. The van der Waals surface area contributed by atoms with E-state index in [9.17, 15) is 0 Å². The van der Waals surface area contributed by atoms with E-state index in [0.29, 0.717) is 0 Å². The third kappa shape index (κ3) is 4.77. The van der Waals surface area contributed by atoms with Crippen LogP contribution in [-0.2, 0) is 0 Å². The molecule has 0 aromatic heterocycles. The van der Waals surface area contributed by atoms with Gasteiger partial charge >= 0.3 is 0 Å². The van der Waals surface area contributed by atoms with Gasteiger partial charge in [-0.05, 0) is 12.0 Å². The zero-order valence-electron chi connectivity index (χ0n) is 9.19. The molecule has 0 spiro atoms. The van der Waals surface area contributed by atoms with E-state index >= 15 is 0 Å². The molecule has 1 rings (SSSR count). The summed E-state index contributed by atoms with van der Waals surface area (Å²) in [5.74, 6) is 0. The van der Waals surface area contributed by atoms with Crippen molar-refractivity contribution in [2.24, 2.45) is 0 Å². The summed E-state index contributed by atoms with van der Waals surface area (Å²) in [6.07, 6.45) is 5.11. The molecule has 2 N–H and O–H groups in total. The van der Waals surface area contributed by atoms with Gasteiger partial charge in [-0.25, -0.2) is 0 Å². The fourth-order valence-corrected chi connectivity index (χ4v) is 1.33. The second kappa shape index (κ2) is 7.21. The molecule has 0 amide bonds. The van der Waals surface area contributed by atoms with Gasteiger partial charge in [0.05, 0.1) is 6.61 Å². The zero-order chi connectivity index (χ0) is 10.9. The van der Waals surface area contributed by atoms with Crippen molar-refractivity contribution in [2.75, 3.05) is 13.2 Å². The quantitative estimate of drug-likeness (QED) is 0.745. The Labute approximate surface area is 91.6 Å². The summed E-state index contributed by atoms with van der Waals surface area (Å²) >= 11 is 0. The van der Waals surface area contributed by atoms with Crippen LogP contribution in [0.25, 0.3) is 6.08 Å². The van der Waals surface area contributed by atoms with Crippen molar-refractivity contribution in [3.63, 3.8) is 0 Å². The highest BCUT2D eigenvalue weighted by atomic mass is 16.3. The maximum absolute atomic E-state index is 8.96. The lowest BCUT2D eigenvalue weighted by molar-refractivity contribution is 0.242. The molecule has 0 heterocycles. The van der Waals surface area contributed by atoms with Gasteiger partial charge in [0.1, 0.15) is 0 Å². The van der Waals surface area contributed by atoms with Crippen molar-refractivity contribution < 1.29 is 5.11 Å². The molecular weight excluding hydrogens is 186 g/mol. The van der Waals surface area contributed by atoms with Crippen LogP contribution in [0.5, 0.6) is 0 Å². The minimum absolute atomic E-state index is 0.204. The van der Waals surface area contributed by atoms with Gasteiger partial charge in [0.25, 0.3) is 0 Å². The second-order valence-corrected chi connectivity index (χ2v) is 3.51. The van der Waals surface area contributed by atoms with Crippen LogP contribution in [0.2, 0.25) is 0 Å². The lowest BCUT2D eigenvalue weighted by Crippen LogP contribution is -2.31. The van der Waals surface area contributed by atoms with Crippen molar-refractivity contribution >= 4 is 6.08 Å². The number of nitrogens with one attached hydrogen (secondary N) is 1. The van der Waals surface area contributed by atoms with Crippen molar-refractivity contribution in [1.29, 1.82) is 0 Å². The van der Waals surface area contributed by atoms with Crippen LogP contribution in [0, 0.1) is 0 Å². The van der Waals surface area contributed by atoms with E-state index in [1.165, 1.54) is 5.56 Å². The van der Waals surface area contributed by atoms with E-state index in [0.717, 1.165) is 13.0 Å². The Morgan fingerprint density at radius 3 is 2.67 bits per heavy atom. The predicted octanol–water partition coefficient (Wildman–Crippen LogP) is 2.06. The third-order valence-electron chi connectivity index (χ3n) is 2.35. The van der Waals surface area contributed by atoms with Gasteiger partial charge < -0.3 is 10.4 Å². The van der Waals surface area contributed by atoms with Crippen LogP contribution in [0.4, 0.5) is 0 Å². The molecule has 0 unspecified atom stereocenters. The molecule has 1 atom stereocenters. The first-order chi connectivity index (χ1) is 7.36. The Morgan fingerprint density at radius 2 is 2.07 bits per heavy atom. The van der Waals surface area contributed by atoms with Crippen LogP contribution in [0.1, 0.15) is 18.9 Å². The molecular formula is C13H19NO. The Hall–Kier alpha value is -1.12. The number of hydrogen-bond acceptors (Lipinski definition) is 2. The molecule has 0 aliphatic carbocycles. The van der Waals surface area contributed by atoms with Crippen LogP contribution < -0.4 is 5.32 Å². The number of rotatable bonds is 6. The minimum Gasteiger partial charge on any atom is -0.395 e. The lowest BCUT2D eigenvalue weighted by atomic mass is 10.2. The summed E-state index contributed by atoms with van der Waals surface area (Å²) in [5.41, 5.74) is 1.20. The van der Waals surface area contributed by atoms with Gasteiger partial charge in [-0.2, -0.15) is 0 Å². The monoisotopic (exact) mass is 205 g/mol. The molecule has 0 aliphatic heterocycles. The number of aliphatic hydroxyl groups is 1. The van der Waals surface area contributed by atoms with E-state index in [1.54, 1.807) is 0 Å². The van der Waals surface area contributed by atoms with Gasteiger partial charge in [-0.1, -0.05) is 49.4 Å². The molecule has 0 aliphatic rings. The maximum Gasteiger partial charge on any atom is 0.0584 e. The zero-order valence-corrected chi connectivity index (χ0v) is 9.19. The van der Waals surface area contributed by atoms with Crippen LogP contribution in [-0.4, -0.2) is 24.3 Å². The topological polar surface area (TPSA) is 32.3 Å². The van der Waals surface area contributed by atoms with E-state index < -0.39 is 0 Å². The number of benzene rings is 1. The van der Waals surface area contributed by atoms with Gasteiger partial charge in [-0.15, -0.1) is 0 Å². The summed E-state index contributed by atoms with van der Waals surface area (Å²) in [7, 11) is 0. The average Bonchev–Trinajstić information content (AvgIpc) is 2.31. The summed E-state index contributed by atoms with van der Waals surface area (Å²) in [6, 6.07) is 10.4. The van der Waals surface area contributed by atoms with Gasteiger partial charge in [0.15, 0.2) is 0 Å². The normalized spacial score (nSPS) is 13.2. The fraction of sp³-hybridized carbons (Fsp3) is 0.385. The molecule has 0 bridgehead atoms. The van der Waals surface area contributed by atoms with E-state index in [1.807, 2.05) is 18.2 Å². The van der Waals surface area contributed by atoms with Crippen molar-refractivity contribution in [3.05, 3.63) is 42.0 Å². The molecule has 1 aromatic carbocycles. The Balaban J connectivity index is 2.28. The first kappa shape index (κ1) is 12.0. The maximum atomic E-state index is 8.96. The van der Waals surface area contributed by atoms with Gasteiger partial charge in [0.2, 0.25) is 0 Å². The highest BCUT2D eigenvalue weighted by Gasteiger charge is 1.99. The fourth-order valence-electron chi connectivity index (χ4n) is 1.33.